The van der Waals surface area contributed by atoms with Gasteiger partial charge in [0.2, 0.25) is 0 Å². The summed E-state index contributed by atoms with van der Waals surface area (Å²) in [7, 11) is 0. The Bertz CT molecular complexity index is 1240. The first-order valence-corrected chi connectivity index (χ1v) is 11.4. The van der Waals surface area contributed by atoms with Crippen LogP contribution in [0.25, 0.3) is 10.9 Å². The Hall–Kier alpha value is -3.63. The molecule has 3 heterocycles. The van der Waals surface area contributed by atoms with Crippen LogP contribution in [-0.2, 0) is 6.42 Å². The molecular formula is C25H27FN4O5. The molecule has 9 nitrogen and oxygen atoms in total. The number of likely N-dealkylation sites (tertiary alicyclic amines) is 1. The molecule has 1 unspecified atom stereocenters. The van der Waals surface area contributed by atoms with Gasteiger partial charge in [-0.2, -0.15) is 0 Å². The van der Waals surface area contributed by atoms with Crippen molar-refractivity contribution < 1.29 is 29.3 Å². The number of pyridine rings is 2. The third-order valence-electron chi connectivity index (χ3n) is 6.01. The van der Waals surface area contributed by atoms with Crippen LogP contribution in [0.15, 0.2) is 36.5 Å². The summed E-state index contributed by atoms with van der Waals surface area (Å²) in [5.41, 5.74) is 1.18. The lowest BCUT2D eigenvalue weighted by Gasteiger charge is -2.29. The topological polar surface area (TPSA) is 136 Å². The predicted octanol–water partition coefficient (Wildman–Crippen LogP) is 1.77. The van der Waals surface area contributed by atoms with E-state index in [9.17, 15) is 29.3 Å². The van der Waals surface area contributed by atoms with E-state index in [4.69, 9.17) is 0 Å². The van der Waals surface area contributed by atoms with E-state index < -0.39 is 29.7 Å². The average molecular weight is 483 g/mol. The lowest BCUT2D eigenvalue weighted by molar-refractivity contribution is 0.0543. The van der Waals surface area contributed by atoms with E-state index in [0.717, 1.165) is 5.56 Å². The van der Waals surface area contributed by atoms with Gasteiger partial charge in [0.1, 0.15) is 17.0 Å². The number of rotatable bonds is 6. The lowest BCUT2D eigenvalue weighted by atomic mass is 10.0. The molecule has 0 spiro atoms. The number of hydrogen-bond donors (Lipinski definition) is 4. The van der Waals surface area contributed by atoms with Crippen LogP contribution in [-0.4, -0.2) is 73.8 Å². The average Bonchev–Trinajstić information content (AvgIpc) is 2.85. The summed E-state index contributed by atoms with van der Waals surface area (Å²) in [6, 6.07) is 7.10. The van der Waals surface area contributed by atoms with E-state index >= 15 is 0 Å². The second-order valence-corrected chi connectivity index (χ2v) is 8.78. The van der Waals surface area contributed by atoms with Crippen LogP contribution >= 0.6 is 0 Å². The van der Waals surface area contributed by atoms with Gasteiger partial charge in [-0.25, -0.2) is 9.37 Å². The maximum Gasteiger partial charge on any atom is 0.274 e. The van der Waals surface area contributed by atoms with Crippen LogP contribution in [0.5, 0.6) is 5.75 Å². The Labute approximate surface area is 201 Å². The van der Waals surface area contributed by atoms with Gasteiger partial charge in [0.15, 0.2) is 11.4 Å². The first kappa shape index (κ1) is 24.5. The Balaban J connectivity index is 1.79. The molecule has 35 heavy (non-hydrogen) atoms. The summed E-state index contributed by atoms with van der Waals surface area (Å²) in [5.74, 6) is -2.00. The number of aliphatic hydroxyl groups is 2. The molecule has 1 atom stereocenters. The quantitative estimate of drug-likeness (QED) is 0.420. The number of amides is 2. The summed E-state index contributed by atoms with van der Waals surface area (Å²) in [6.07, 6.45) is 2.31. The number of hydrogen-bond acceptors (Lipinski definition) is 7. The van der Waals surface area contributed by atoms with E-state index in [0.29, 0.717) is 37.9 Å². The maximum absolute atomic E-state index is 13.5. The number of aromatic nitrogens is 2. The van der Waals surface area contributed by atoms with Crippen molar-refractivity contribution >= 4 is 22.7 Å². The van der Waals surface area contributed by atoms with Gasteiger partial charge in [-0.3, -0.25) is 14.6 Å². The van der Waals surface area contributed by atoms with Gasteiger partial charge < -0.3 is 25.5 Å². The SMILES string of the molecule is CC(CO)NC(=O)c1nc(C(=O)N2CCC(O)CC2)c2cc(Cc3ccc(F)cc3)cnc2c1O. The van der Waals surface area contributed by atoms with Crippen molar-refractivity contribution in [3.63, 3.8) is 0 Å². The highest BCUT2D eigenvalue weighted by molar-refractivity contribution is 6.09. The van der Waals surface area contributed by atoms with Crippen LogP contribution in [0.3, 0.4) is 0 Å². The smallest absolute Gasteiger partial charge is 0.274 e. The van der Waals surface area contributed by atoms with E-state index in [-0.39, 0.29) is 34.7 Å². The fraction of sp³-hybridized carbons (Fsp3) is 0.360. The van der Waals surface area contributed by atoms with Gasteiger partial charge in [0, 0.05) is 30.7 Å². The Morgan fingerprint density at radius 1 is 1.17 bits per heavy atom. The van der Waals surface area contributed by atoms with Crippen LogP contribution in [0, 0.1) is 5.82 Å². The van der Waals surface area contributed by atoms with Gasteiger partial charge in [0.25, 0.3) is 11.8 Å². The number of aromatic hydroxyl groups is 1. The molecule has 4 rings (SSSR count). The van der Waals surface area contributed by atoms with Gasteiger partial charge >= 0.3 is 0 Å². The first-order valence-electron chi connectivity index (χ1n) is 11.4. The Kier molecular flexibility index (Phi) is 7.23. The lowest BCUT2D eigenvalue weighted by Crippen LogP contribution is -2.41. The van der Waals surface area contributed by atoms with Crippen LogP contribution in [0.1, 0.15) is 51.9 Å². The van der Waals surface area contributed by atoms with Gasteiger partial charge in [0.05, 0.1) is 12.7 Å². The summed E-state index contributed by atoms with van der Waals surface area (Å²) in [6.45, 7) is 1.93. The standard InChI is InChI=1S/C25H27FN4O5/c1-14(13-31)28-24(34)22-23(33)20-19(21(29-22)25(35)30-8-6-18(32)7-9-30)11-16(12-27-20)10-15-2-4-17(26)5-3-15/h2-5,11-12,14,18,31-33H,6-10,13H2,1H3,(H,28,34). The van der Waals surface area contributed by atoms with Crippen molar-refractivity contribution in [3.8, 4) is 5.75 Å². The number of carbonyl (C=O) groups excluding carboxylic acids is 2. The molecule has 10 heteroatoms. The van der Waals surface area contributed by atoms with Crippen LogP contribution in [0.2, 0.25) is 0 Å². The minimum absolute atomic E-state index is 0.0375. The van der Waals surface area contributed by atoms with Crippen molar-refractivity contribution in [3.05, 3.63) is 64.9 Å². The number of fused-ring (bicyclic) bond motifs is 1. The minimum Gasteiger partial charge on any atom is -0.504 e. The molecule has 3 aromatic rings. The summed E-state index contributed by atoms with van der Waals surface area (Å²) in [4.78, 5) is 36.3. The fourth-order valence-corrected chi connectivity index (χ4v) is 4.03. The number of benzene rings is 1. The number of nitrogens with zero attached hydrogens (tertiary/aromatic N) is 3. The molecule has 1 aromatic carbocycles. The third kappa shape index (κ3) is 5.39. The number of halogens is 1. The molecule has 2 amide bonds. The second kappa shape index (κ2) is 10.3. The van der Waals surface area contributed by atoms with Gasteiger partial charge in [-0.1, -0.05) is 12.1 Å². The zero-order valence-corrected chi connectivity index (χ0v) is 19.2. The molecule has 1 saturated heterocycles. The van der Waals surface area contributed by atoms with Crippen LogP contribution < -0.4 is 5.32 Å². The van der Waals surface area contributed by atoms with Gasteiger partial charge in [-0.15, -0.1) is 0 Å². The molecule has 2 aromatic heterocycles. The second-order valence-electron chi connectivity index (χ2n) is 8.78. The number of piperidine rings is 1. The Morgan fingerprint density at radius 3 is 2.51 bits per heavy atom. The van der Waals surface area contributed by atoms with Crippen molar-refractivity contribution in [1.29, 1.82) is 0 Å². The molecule has 184 valence electrons. The van der Waals surface area contributed by atoms with E-state index in [2.05, 4.69) is 15.3 Å². The monoisotopic (exact) mass is 482 g/mol. The van der Waals surface area contributed by atoms with E-state index in [1.165, 1.54) is 18.3 Å². The van der Waals surface area contributed by atoms with Crippen molar-refractivity contribution in [2.45, 2.75) is 38.3 Å². The fourth-order valence-electron chi connectivity index (χ4n) is 4.03. The zero-order valence-electron chi connectivity index (χ0n) is 19.2. The van der Waals surface area contributed by atoms with Crippen molar-refractivity contribution in [2.75, 3.05) is 19.7 Å². The minimum atomic E-state index is -0.744. The molecule has 0 saturated carbocycles. The Morgan fingerprint density at radius 2 is 1.86 bits per heavy atom. The predicted molar refractivity (Wildman–Crippen MR) is 126 cm³/mol. The largest absolute Gasteiger partial charge is 0.504 e. The molecular weight excluding hydrogens is 455 g/mol. The molecule has 4 N–H and O–H groups in total. The van der Waals surface area contributed by atoms with E-state index in [1.54, 1.807) is 30.0 Å². The number of carbonyl (C=O) groups is 2. The van der Waals surface area contributed by atoms with Crippen LogP contribution in [0.4, 0.5) is 4.39 Å². The highest BCUT2D eigenvalue weighted by atomic mass is 19.1. The van der Waals surface area contributed by atoms with E-state index in [1.807, 2.05) is 0 Å². The maximum atomic E-state index is 13.5. The molecule has 1 aliphatic rings. The highest BCUT2D eigenvalue weighted by Crippen LogP contribution is 2.30. The molecule has 0 aliphatic carbocycles. The summed E-state index contributed by atoms with van der Waals surface area (Å²) >= 11 is 0. The summed E-state index contributed by atoms with van der Waals surface area (Å²) in [5, 5.41) is 32.7. The van der Waals surface area contributed by atoms with Crippen molar-refractivity contribution in [1.82, 2.24) is 20.2 Å². The van der Waals surface area contributed by atoms with Crippen molar-refractivity contribution in [2.24, 2.45) is 0 Å². The number of nitrogens with one attached hydrogen (secondary N) is 1. The zero-order chi connectivity index (χ0) is 25.1. The summed E-state index contributed by atoms with van der Waals surface area (Å²) < 4.78 is 13.3. The highest BCUT2D eigenvalue weighted by Gasteiger charge is 2.29. The molecule has 0 bridgehead atoms. The molecule has 1 fully saturated rings. The molecule has 0 radical (unpaired) electrons. The normalized spacial score (nSPS) is 15.3. The molecule has 1 aliphatic heterocycles. The number of aliphatic hydroxyl groups excluding tert-OH is 2. The van der Waals surface area contributed by atoms with Gasteiger partial charge in [-0.05, 0) is 55.5 Å². The third-order valence-corrected chi connectivity index (χ3v) is 6.01. The first-order chi connectivity index (χ1) is 16.8.